The Hall–Kier alpha value is -0.830. The molecular formula is C11H19N3. The zero-order valence-corrected chi connectivity index (χ0v) is 8.84. The Kier molecular flexibility index (Phi) is 3.19. The van der Waals surface area contributed by atoms with Gasteiger partial charge in [-0.1, -0.05) is 12.8 Å². The van der Waals surface area contributed by atoms with E-state index in [-0.39, 0.29) is 0 Å². The smallest absolute Gasteiger partial charge is 0.103 e. The molecule has 1 fully saturated rings. The Morgan fingerprint density at radius 1 is 1.50 bits per heavy atom. The van der Waals surface area contributed by atoms with Crippen molar-refractivity contribution in [1.29, 1.82) is 0 Å². The number of aryl methyl sites for hydroxylation is 1. The van der Waals surface area contributed by atoms with Crippen molar-refractivity contribution < 1.29 is 0 Å². The van der Waals surface area contributed by atoms with Crippen molar-refractivity contribution in [2.24, 2.45) is 5.92 Å². The molecule has 0 unspecified atom stereocenters. The fourth-order valence-electron chi connectivity index (χ4n) is 2.19. The summed E-state index contributed by atoms with van der Waals surface area (Å²) in [5, 5.41) is 3.49. The molecule has 3 nitrogen and oxygen atoms in total. The molecule has 1 aromatic heterocycles. The lowest BCUT2D eigenvalue weighted by Gasteiger charge is -2.09. The number of rotatable bonds is 4. The Labute approximate surface area is 85.3 Å². The van der Waals surface area contributed by atoms with E-state index in [1.54, 1.807) is 0 Å². The van der Waals surface area contributed by atoms with Crippen molar-refractivity contribution in [3.63, 3.8) is 0 Å². The van der Waals surface area contributed by atoms with Gasteiger partial charge in [-0.25, -0.2) is 4.98 Å². The Bertz CT molecular complexity index is 274. The van der Waals surface area contributed by atoms with Gasteiger partial charge >= 0.3 is 0 Å². The van der Waals surface area contributed by atoms with Crippen molar-refractivity contribution in [2.45, 2.75) is 39.2 Å². The topological polar surface area (TPSA) is 40.7 Å². The maximum absolute atomic E-state index is 4.17. The third kappa shape index (κ3) is 2.58. The minimum Gasteiger partial charge on any atom is -0.345 e. The summed E-state index contributed by atoms with van der Waals surface area (Å²) in [6.45, 7) is 4.08. The van der Waals surface area contributed by atoms with Gasteiger partial charge in [-0.15, -0.1) is 0 Å². The van der Waals surface area contributed by atoms with E-state index in [0.29, 0.717) is 0 Å². The van der Waals surface area contributed by atoms with Crippen molar-refractivity contribution in [1.82, 2.24) is 15.3 Å². The van der Waals surface area contributed by atoms with E-state index in [9.17, 15) is 0 Å². The number of aromatic nitrogens is 2. The molecule has 0 aromatic carbocycles. The molecule has 0 aliphatic heterocycles. The third-order valence-corrected chi connectivity index (χ3v) is 2.98. The highest BCUT2D eigenvalue weighted by atomic mass is 15.0. The molecule has 0 radical (unpaired) electrons. The molecule has 3 heteroatoms. The summed E-state index contributed by atoms with van der Waals surface area (Å²) >= 11 is 0. The van der Waals surface area contributed by atoms with Gasteiger partial charge in [0.1, 0.15) is 5.82 Å². The van der Waals surface area contributed by atoms with Gasteiger partial charge in [0.25, 0.3) is 0 Å². The fourth-order valence-corrected chi connectivity index (χ4v) is 2.19. The third-order valence-electron chi connectivity index (χ3n) is 2.98. The standard InChI is InChI=1S/C11H19N3/c1-9-13-8-11(14-9)7-12-6-10-4-2-3-5-10/h8,10,12H,2-7H2,1H3,(H,13,14). The summed E-state index contributed by atoms with van der Waals surface area (Å²) in [5.74, 6) is 1.92. The lowest BCUT2D eigenvalue weighted by Crippen LogP contribution is -2.20. The van der Waals surface area contributed by atoms with Gasteiger partial charge < -0.3 is 10.3 Å². The number of H-pyrrole nitrogens is 1. The first-order valence-electron chi connectivity index (χ1n) is 5.56. The van der Waals surface area contributed by atoms with Crippen LogP contribution in [-0.4, -0.2) is 16.5 Å². The Morgan fingerprint density at radius 3 is 2.93 bits per heavy atom. The van der Waals surface area contributed by atoms with Crippen LogP contribution in [0.5, 0.6) is 0 Å². The van der Waals surface area contributed by atoms with E-state index in [2.05, 4.69) is 15.3 Å². The van der Waals surface area contributed by atoms with Crippen LogP contribution in [0, 0.1) is 12.8 Å². The number of nitrogens with zero attached hydrogens (tertiary/aromatic N) is 1. The van der Waals surface area contributed by atoms with E-state index in [1.807, 2.05) is 13.1 Å². The van der Waals surface area contributed by atoms with Crippen LogP contribution in [0.4, 0.5) is 0 Å². The predicted octanol–water partition coefficient (Wildman–Crippen LogP) is 2.00. The molecule has 78 valence electrons. The minimum atomic E-state index is 0.916. The monoisotopic (exact) mass is 193 g/mol. The van der Waals surface area contributed by atoms with Crippen molar-refractivity contribution >= 4 is 0 Å². The lowest BCUT2D eigenvalue weighted by molar-refractivity contribution is 0.487. The van der Waals surface area contributed by atoms with Crippen LogP contribution < -0.4 is 5.32 Å². The summed E-state index contributed by atoms with van der Waals surface area (Å²) in [5.41, 5.74) is 1.19. The molecule has 1 aliphatic rings. The Balaban J connectivity index is 1.67. The molecule has 14 heavy (non-hydrogen) atoms. The molecule has 2 rings (SSSR count). The first kappa shape index (κ1) is 9.71. The van der Waals surface area contributed by atoms with Crippen LogP contribution in [0.3, 0.4) is 0 Å². The second-order valence-electron chi connectivity index (χ2n) is 4.28. The maximum Gasteiger partial charge on any atom is 0.103 e. The van der Waals surface area contributed by atoms with Gasteiger partial charge in [-0.05, 0) is 32.2 Å². The van der Waals surface area contributed by atoms with Crippen LogP contribution in [0.1, 0.15) is 37.2 Å². The fraction of sp³-hybridized carbons (Fsp3) is 0.727. The van der Waals surface area contributed by atoms with Crippen LogP contribution in [0.25, 0.3) is 0 Å². The van der Waals surface area contributed by atoms with Crippen LogP contribution in [0.2, 0.25) is 0 Å². The zero-order chi connectivity index (χ0) is 9.80. The average molecular weight is 193 g/mol. The van der Waals surface area contributed by atoms with Crippen LogP contribution in [0.15, 0.2) is 6.20 Å². The molecule has 1 aromatic rings. The molecular weight excluding hydrogens is 174 g/mol. The van der Waals surface area contributed by atoms with Crippen LogP contribution in [-0.2, 0) is 6.54 Å². The van der Waals surface area contributed by atoms with Gasteiger partial charge in [-0.3, -0.25) is 0 Å². The number of hydrogen-bond donors (Lipinski definition) is 2. The predicted molar refractivity (Wildman–Crippen MR) is 57.0 cm³/mol. The number of aromatic amines is 1. The van der Waals surface area contributed by atoms with Crippen molar-refractivity contribution in [3.8, 4) is 0 Å². The maximum atomic E-state index is 4.17. The van der Waals surface area contributed by atoms with Gasteiger partial charge in [0, 0.05) is 18.4 Å². The normalized spacial score (nSPS) is 17.8. The molecule has 0 saturated heterocycles. The van der Waals surface area contributed by atoms with Crippen molar-refractivity contribution in [3.05, 3.63) is 17.7 Å². The van der Waals surface area contributed by atoms with Gasteiger partial charge in [-0.2, -0.15) is 0 Å². The second-order valence-corrected chi connectivity index (χ2v) is 4.28. The van der Waals surface area contributed by atoms with Gasteiger partial charge in [0.05, 0.1) is 0 Å². The highest BCUT2D eigenvalue weighted by molar-refractivity contribution is 4.99. The lowest BCUT2D eigenvalue weighted by atomic mass is 10.1. The summed E-state index contributed by atoms with van der Waals surface area (Å²) in [7, 11) is 0. The van der Waals surface area contributed by atoms with E-state index in [4.69, 9.17) is 0 Å². The summed E-state index contributed by atoms with van der Waals surface area (Å²) < 4.78 is 0. The molecule has 1 saturated carbocycles. The highest BCUT2D eigenvalue weighted by Crippen LogP contribution is 2.23. The summed E-state index contributed by atoms with van der Waals surface area (Å²) in [4.78, 5) is 7.40. The Morgan fingerprint density at radius 2 is 2.29 bits per heavy atom. The van der Waals surface area contributed by atoms with Crippen molar-refractivity contribution in [2.75, 3.05) is 6.54 Å². The molecule has 1 heterocycles. The minimum absolute atomic E-state index is 0.916. The second kappa shape index (κ2) is 4.60. The van der Waals surface area contributed by atoms with E-state index in [0.717, 1.165) is 24.8 Å². The molecule has 0 spiro atoms. The van der Waals surface area contributed by atoms with E-state index < -0.39 is 0 Å². The highest BCUT2D eigenvalue weighted by Gasteiger charge is 2.13. The molecule has 0 amide bonds. The molecule has 2 N–H and O–H groups in total. The van der Waals surface area contributed by atoms with Crippen LogP contribution >= 0.6 is 0 Å². The van der Waals surface area contributed by atoms with E-state index in [1.165, 1.54) is 31.4 Å². The first-order valence-corrected chi connectivity index (χ1v) is 5.56. The van der Waals surface area contributed by atoms with E-state index >= 15 is 0 Å². The summed E-state index contributed by atoms with van der Waals surface area (Å²) in [6.07, 6.45) is 7.59. The quantitative estimate of drug-likeness (QED) is 0.768. The molecule has 1 aliphatic carbocycles. The average Bonchev–Trinajstić information content (AvgIpc) is 2.77. The first-order chi connectivity index (χ1) is 6.84. The summed E-state index contributed by atoms with van der Waals surface area (Å²) in [6, 6.07) is 0. The van der Waals surface area contributed by atoms with Gasteiger partial charge in [0.15, 0.2) is 0 Å². The SMILES string of the molecule is Cc1ncc(CNCC2CCCC2)[nH]1. The largest absolute Gasteiger partial charge is 0.345 e. The number of nitrogens with one attached hydrogen (secondary N) is 2. The number of imidazole rings is 1. The molecule has 0 atom stereocenters. The van der Waals surface area contributed by atoms with Gasteiger partial charge in [0.2, 0.25) is 0 Å². The molecule has 0 bridgehead atoms. The zero-order valence-electron chi connectivity index (χ0n) is 8.84. The number of hydrogen-bond acceptors (Lipinski definition) is 2.